The zero-order valence-electron chi connectivity index (χ0n) is 15.3. The highest BCUT2D eigenvalue weighted by Crippen LogP contribution is 2.30. The standard InChI is InChI=1S/C22H21N3OS/c1-3-4-5-17-12-18(15(2)26)13-25-22(17)16-6-8-19(9-7-16)27-20-10-11-21(23)24-14-20/h6-15,26H,3H2,1-2H3,(H2,23,24). The number of aromatic nitrogens is 2. The Bertz CT molecular complexity index is 971. The maximum atomic E-state index is 9.82. The Morgan fingerprint density at radius 2 is 1.81 bits per heavy atom. The van der Waals surface area contributed by atoms with E-state index in [1.807, 2.05) is 31.2 Å². The number of aliphatic hydroxyl groups excluding tert-OH is 1. The van der Waals surface area contributed by atoms with Crippen molar-refractivity contribution < 1.29 is 5.11 Å². The maximum absolute atomic E-state index is 9.82. The quantitative estimate of drug-likeness (QED) is 0.647. The van der Waals surface area contributed by atoms with Gasteiger partial charge in [-0.1, -0.05) is 42.7 Å². The summed E-state index contributed by atoms with van der Waals surface area (Å²) in [5.74, 6) is 6.78. The number of benzene rings is 1. The fourth-order valence-corrected chi connectivity index (χ4v) is 3.27. The zero-order valence-corrected chi connectivity index (χ0v) is 16.1. The molecule has 1 aromatic carbocycles. The van der Waals surface area contributed by atoms with Gasteiger partial charge in [0.15, 0.2) is 0 Å². The molecule has 3 N–H and O–H groups in total. The molecule has 0 saturated carbocycles. The van der Waals surface area contributed by atoms with Crippen LogP contribution in [-0.2, 0) is 0 Å². The number of rotatable bonds is 4. The third kappa shape index (κ3) is 4.88. The minimum Gasteiger partial charge on any atom is -0.389 e. The van der Waals surface area contributed by atoms with Gasteiger partial charge in [-0.3, -0.25) is 4.98 Å². The minimum absolute atomic E-state index is 0.516. The van der Waals surface area contributed by atoms with Crippen LogP contribution in [0.3, 0.4) is 0 Å². The maximum Gasteiger partial charge on any atom is 0.123 e. The molecule has 0 spiro atoms. The largest absolute Gasteiger partial charge is 0.389 e. The van der Waals surface area contributed by atoms with E-state index in [9.17, 15) is 5.11 Å². The van der Waals surface area contributed by atoms with E-state index in [1.54, 1.807) is 37.1 Å². The van der Waals surface area contributed by atoms with Crippen LogP contribution in [0.25, 0.3) is 11.3 Å². The van der Waals surface area contributed by atoms with Crippen molar-refractivity contribution in [2.75, 3.05) is 5.73 Å². The highest BCUT2D eigenvalue weighted by Gasteiger charge is 2.10. The van der Waals surface area contributed by atoms with Gasteiger partial charge in [0.05, 0.1) is 17.4 Å². The minimum atomic E-state index is -0.568. The third-order valence-electron chi connectivity index (χ3n) is 3.91. The summed E-state index contributed by atoms with van der Waals surface area (Å²) < 4.78 is 0. The number of hydrogen-bond acceptors (Lipinski definition) is 5. The van der Waals surface area contributed by atoms with E-state index in [4.69, 9.17) is 5.73 Å². The molecular weight excluding hydrogens is 354 g/mol. The second-order valence-corrected chi connectivity index (χ2v) is 7.19. The molecule has 0 radical (unpaired) electrons. The average molecular weight is 375 g/mol. The van der Waals surface area contributed by atoms with E-state index in [0.29, 0.717) is 5.82 Å². The van der Waals surface area contributed by atoms with E-state index in [0.717, 1.165) is 38.6 Å². The molecular formula is C22H21N3OS. The van der Waals surface area contributed by atoms with Crippen LogP contribution in [0.15, 0.2) is 64.6 Å². The van der Waals surface area contributed by atoms with Crippen LogP contribution in [0.1, 0.15) is 37.5 Å². The van der Waals surface area contributed by atoms with E-state index < -0.39 is 6.10 Å². The van der Waals surface area contributed by atoms with Crippen molar-refractivity contribution in [1.82, 2.24) is 9.97 Å². The molecule has 27 heavy (non-hydrogen) atoms. The predicted octanol–water partition coefficient (Wildman–Crippen LogP) is 4.69. The van der Waals surface area contributed by atoms with Gasteiger partial charge in [0.25, 0.3) is 0 Å². The van der Waals surface area contributed by atoms with Crippen molar-refractivity contribution in [3.8, 4) is 23.1 Å². The van der Waals surface area contributed by atoms with Gasteiger partial charge in [-0.25, -0.2) is 4.98 Å². The molecule has 1 atom stereocenters. The first-order valence-corrected chi connectivity index (χ1v) is 9.55. The molecule has 4 nitrogen and oxygen atoms in total. The van der Waals surface area contributed by atoms with Crippen LogP contribution in [0, 0.1) is 11.8 Å². The van der Waals surface area contributed by atoms with Crippen LogP contribution in [-0.4, -0.2) is 15.1 Å². The Morgan fingerprint density at radius 1 is 1.07 bits per heavy atom. The van der Waals surface area contributed by atoms with Gasteiger partial charge < -0.3 is 10.8 Å². The number of aliphatic hydroxyl groups is 1. The second kappa shape index (κ2) is 8.72. The van der Waals surface area contributed by atoms with Gasteiger partial charge in [0, 0.05) is 34.2 Å². The smallest absolute Gasteiger partial charge is 0.123 e. The molecule has 0 fully saturated rings. The Labute approximate surface area is 163 Å². The van der Waals surface area contributed by atoms with Gasteiger partial charge in [-0.05, 0) is 42.8 Å². The normalized spacial score (nSPS) is 11.5. The van der Waals surface area contributed by atoms with Gasteiger partial charge in [-0.2, -0.15) is 0 Å². The molecule has 0 aliphatic heterocycles. The highest BCUT2D eigenvalue weighted by atomic mass is 32.2. The third-order valence-corrected chi connectivity index (χ3v) is 4.90. The van der Waals surface area contributed by atoms with Crippen LogP contribution in [0.5, 0.6) is 0 Å². The first-order valence-electron chi connectivity index (χ1n) is 8.73. The molecule has 5 heteroatoms. The van der Waals surface area contributed by atoms with Gasteiger partial charge >= 0.3 is 0 Å². The molecule has 0 aliphatic rings. The molecule has 0 saturated heterocycles. The zero-order chi connectivity index (χ0) is 19.2. The van der Waals surface area contributed by atoms with E-state index >= 15 is 0 Å². The second-order valence-electron chi connectivity index (χ2n) is 6.04. The molecule has 3 aromatic rings. The molecule has 136 valence electrons. The molecule has 3 rings (SSSR count). The van der Waals surface area contributed by atoms with E-state index in [2.05, 4.69) is 33.9 Å². The number of nitrogens with zero attached hydrogens (tertiary/aromatic N) is 2. The van der Waals surface area contributed by atoms with Gasteiger partial charge in [-0.15, -0.1) is 0 Å². The van der Waals surface area contributed by atoms with Crippen molar-refractivity contribution in [1.29, 1.82) is 0 Å². The number of nitrogen functional groups attached to an aromatic ring is 1. The summed E-state index contributed by atoms with van der Waals surface area (Å²) in [7, 11) is 0. The first kappa shape index (κ1) is 19.0. The molecule has 0 amide bonds. The van der Waals surface area contributed by atoms with Crippen molar-refractivity contribution in [3.05, 3.63) is 66.0 Å². The Hall–Kier alpha value is -2.81. The van der Waals surface area contributed by atoms with Crippen molar-refractivity contribution in [2.45, 2.75) is 36.2 Å². The lowest BCUT2D eigenvalue weighted by molar-refractivity contribution is 0.199. The van der Waals surface area contributed by atoms with E-state index in [1.165, 1.54) is 0 Å². The van der Waals surface area contributed by atoms with Crippen molar-refractivity contribution in [2.24, 2.45) is 0 Å². The Morgan fingerprint density at radius 3 is 2.44 bits per heavy atom. The summed E-state index contributed by atoms with van der Waals surface area (Å²) in [5.41, 5.74) is 9.04. The van der Waals surface area contributed by atoms with Crippen molar-refractivity contribution in [3.63, 3.8) is 0 Å². The first-order chi connectivity index (χ1) is 13.1. The lowest BCUT2D eigenvalue weighted by Gasteiger charge is -2.10. The molecule has 0 bridgehead atoms. The van der Waals surface area contributed by atoms with E-state index in [-0.39, 0.29) is 0 Å². The summed E-state index contributed by atoms with van der Waals surface area (Å²) >= 11 is 1.63. The van der Waals surface area contributed by atoms with Crippen LogP contribution < -0.4 is 5.73 Å². The topological polar surface area (TPSA) is 72.0 Å². The van der Waals surface area contributed by atoms with Crippen LogP contribution >= 0.6 is 11.8 Å². The van der Waals surface area contributed by atoms with Gasteiger partial charge in [0.1, 0.15) is 5.82 Å². The molecule has 1 unspecified atom stereocenters. The molecule has 0 aliphatic carbocycles. The summed E-state index contributed by atoms with van der Waals surface area (Å²) in [6, 6.07) is 13.8. The lowest BCUT2D eigenvalue weighted by Crippen LogP contribution is -1.97. The predicted molar refractivity (Wildman–Crippen MR) is 110 cm³/mol. The Kier molecular flexibility index (Phi) is 6.12. The fourth-order valence-electron chi connectivity index (χ4n) is 2.49. The fraction of sp³-hybridized carbons (Fsp3) is 0.182. The SMILES string of the molecule is CCC#Cc1cc(C(C)O)cnc1-c1ccc(Sc2ccc(N)nc2)cc1. The number of anilines is 1. The number of hydrogen-bond donors (Lipinski definition) is 2. The summed E-state index contributed by atoms with van der Waals surface area (Å²) in [4.78, 5) is 10.8. The van der Waals surface area contributed by atoms with Gasteiger partial charge in [0.2, 0.25) is 0 Å². The Balaban J connectivity index is 1.88. The van der Waals surface area contributed by atoms with Crippen LogP contribution in [0.4, 0.5) is 5.82 Å². The monoisotopic (exact) mass is 375 g/mol. The molecule has 2 heterocycles. The highest BCUT2D eigenvalue weighted by molar-refractivity contribution is 7.99. The summed E-state index contributed by atoms with van der Waals surface area (Å²) in [6.45, 7) is 3.74. The van der Waals surface area contributed by atoms with Crippen molar-refractivity contribution >= 4 is 17.6 Å². The number of nitrogens with two attached hydrogens (primary N) is 1. The lowest BCUT2D eigenvalue weighted by atomic mass is 10.0. The van der Waals surface area contributed by atoms with Crippen LogP contribution in [0.2, 0.25) is 0 Å². The summed E-state index contributed by atoms with van der Waals surface area (Å²) in [6.07, 6.45) is 3.67. The average Bonchev–Trinajstić information content (AvgIpc) is 2.68. The molecule has 2 aromatic heterocycles. The number of pyridine rings is 2. The summed E-state index contributed by atoms with van der Waals surface area (Å²) in [5, 5.41) is 9.82.